The monoisotopic (exact) mass is 712 g/mol. The Morgan fingerprint density at radius 3 is 1.17 bits per heavy atom. The molecule has 48 heavy (non-hydrogen) atoms. The number of esters is 6. The van der Waals surface area contributed by atoms with Gasteiger partial charge in [-0.05, 0) is 27.2 Å². The van der Waals surface area contributed by atoms with Crippen LogP contribution in [0.3, 0.4) is 0 Å². The molecule has 0 atom stereocenters. The maximum Gasteiger partial charge on any atom is 0.501 e. The number of carbonyl (C=O) groups is 6. The van der Waals surface area contributed by atoms with E-state index in [4.69, 9.17) is 27.5 Å². The molecule has 0 aliphatic carbocycles. The Balaban J connectivity index is 0. The first-order chi connectivity index (χ1) is 22.7. The Morgan fingerprint density at radius 2 is 0.896 bits per heavy atom. The lowest BCUT2D eigenvalue weighted by molar-refractivity contribution is -0.182. The molecule has 0 aromatic heterocycles. The topological polar surface area (TPSA) is 204 Å². The molecule has 0 N–H and O–H groups in total. The summed E-state index contributed by atoms with van der Waals surface area (Å²) in [4.78, 5) is 70.7. The van der Waals surface area contributed by atoms with E-state index in [-0.39, 0.29) is 13.2 Å². The molecule has 0 rings (SSSR count). The van der Waals surface area contributed by atoms with Crippen molar-refractivity contribution >= 4 is 44.6 Å². The zero-order chi connectivity index (χ0) is 37.2. The van der Waals surface area contributed by atoms with E-state index in [1.165, 1.54) is 20.3 Å². The van der Waals surface area contributed by atoms with E-state index in [2.05, 4.69) is 30.3 Å². The summed E-state index contributed by atoms with van der Waals surface area (Å²) < 4.78 is 56.0. The molecule has 0 radical (unpaired) electrons. The molecular formula is C30H52O17Si. The van der Waals surface area contributed by atoms with Gasteiger partial charge in [0.1, 0.15) is 0 Å². The lowest BCUT2D eigenvalue weighted by atomic mass is 9.95. The highest BCUT2D eigenvalue weighted by Gasteiger charge is 2.47. The van der Waals surface area contributed by atoms with Gasteiger partial charge in [-0.25, -0.2) is 9.59 Å². The van der Waals surface area contributed by atoms with Gasteiger partial charge in [-0.15, -0.1) is 6.58 Å². The van der Waals surface area contributed by atoms with Crippen molar-refractivity contribution in [2.45, 2.75) is 70.1 Å². The highest BCUT2D eigenvalue weighted by Crippen LogP contribution is 2.27. The fourth-order valence-corrected chi connectivity index (χ4v) is 6.68. The van der Waals surface area contributed by atoms with Gasteiger partial charge in [-0.1, -0.05) is 6.08 Å². The van der Waals surface area contributed by atoms with E-state index in [1.54, 1.807) is 0 Å². The minimum Gasteiger partial charge on any atom is -0.469 e. The predicted molar refractivity (Wildman–Crippen MR) is 168 cm³/mol. The van der Waals surface area contributed by atoms with Crippen molar-refractivity contribution in [1.29, 1.82) is 0 Å². The van der Waals surface area contributed by atoms with E-state index in [9.17, 15) is 28.8 Å². The first-order valence-electron chi connectivity index (χ1n) is 15.0. The van der Waals surface area contributed by atoms with E-state index in [1.807, 2.05) is 20.8 Å². The van der Waals surface area contributed by atoms with Crippen LogP contribution in [0.25, 0.3) is 0 Å². The zero-order valence-electron chi connectivity index (χ0n) is 29.5. The maximum absolute atomic E-state index is 12.4. The van der Waals surface area contributed by atoms with Gasteiger partial charge in [0.25, 0.3) is 0 Å². The second kappa shape index (κ2) is 25.6. The summed E-state index contributed by atoms with van der Waals surface area (Å²) >= 11 is 0. The van der Waals surface area contributed by atoms with Crippen LogP contribution in [0.15, 0.2) is 12.7 Å². The van der Waals surface area contributed by atoms with Crippen LogP contribution < -0.4 is 0 Å². The Morgan fingerprint density at radius 1 is 0.562 bits per heavy atom. The molecule has 0 heterocycles. The minimum atomic E-state index is -2.88. The molecule has 18 heteroatoms. The summed E-state index contributed by atoms with van der Waals surface area (Å²) in [5, 5.41) is 0. The number of hydrogen-bond acceptors (Lipinski definition) is 17. The fourth-order valence-electron chi connectivity index (χ4n) is 4.10. The normalized spacial score (nSPS) is 11.3. The van der Waals surface area contributed by atoms with Crippen LogP contribution in [0.4, 0.5) is 0 Å². The Kier molecular flexibility index (Phi) is 24.9. The van der Waals surface area contributed by atoms with E-state index in [0.29, 0.717) is 32.3 Å². The molecule has 17 nitrogen and oxygen atoms in total. The second-order valence-electron chi connectivity index (χ2n) is 9.52. The standard InChI is InChI=1S/C18H34O10Si.C12H18O7/c1-7-26-29(27-8-2,28-9-3)12-10-11-25-18(17(21)24-6,13-15(19)22-4)14-16(20)23-5;1-5-6-19-12(11(15)18-4,7-9(13)16-2)8-10(14)17-3/h7-14H2,1-6H3;5H,1,6-8H2,2-4H3. The number of carbonyl (C=O) groups excluding carboxylic acids is 6. The molecular weight excluding hydrogens is 660 g/mol. The molecule has 0 aliphatic rings. The van der Waals surface area contributed by atoms with E-state index in [0.717, 1.165) is 28.4 Å². The second-order valence-corrected chi connectivity index (χ2v) is 12.2. The molecule has 0 fully saturated rings. The summed E-state index contributed by atoms with van der Waals surface area (Å²) in [5.74, 6) is -4.58. The molecule has 0 bridgehead atoms. The first kappa shape index (κ1) is 46.7. The van der Waals surface area contributed by atoms with Crippen molar-refractivity contribution in [2.75, 3.05) is 75.7 Å². The van der Waals surface area contributed by atoms with Crippen LogP contribution >= 0.6 is 0 Å². The van der Waals surface area contributed by atoms with Gasteiger partial charge < -0.3 is 51.2 Å². The summed E-state index contributed by atoms with van der Waals surface area (Å²) in [6.45, 7) is 10.3. The van der Waals surface area contributed by atoms with Crippen LogP contribution in [0.2, 0.25) is 6.04 Å². The summed E-state index contributed by atoms with van der Waals surface area (Å²) in [7, 11) is 4.06. The van der Waals surface area contributed by atoms with Crippen LogP contribution in [0.5, 0.6) is 0 Å². The molecule has 0 unspecified atom stereocenters. The lowest BCUT2D eigenvalue weighted by Crippen LogP contribution is -2.48. The quantitative estimate of drug-likeness (QED) is 0.0459. The Hall–Kier alpha value is -3.42. The van der Waals surface area contributed by atoms with Crippen LogP contribution in [-0.2, 0) is 79.9 Å². The van der Waals surface area contributed by atoms with Gasteiger partial charge >= 0.3 is 44.6 Å². The molecule has 0 aliphatic heterocycles. The summed E-state index contributed by atoms with van der Waals surface area (Å²) in [6.07, 6.45) is -0.107. The molecule has 0 spiro atoms. The Labute approximate surface area is 283 Å². The summed E-state index contributed by atoms with van der Waals surface area (Å²) in [6, 6.07) is 0.441. The van der Waals surface area contributed by atoms with Crippen molar-refractivity contribution in [3.8, 4) is 0 Å². The van der Waals surface area contributed by atoms with Gasteiger partial charge in [-0.2, -0.15) is 0 Å². The number of ether oxygens (including phenoxy) is 8. The molecule has 0 saturated heterocycles. The van der Waals surface area contributed by atoms with Gasteiger partial charge in [0.05, 0.1) is 74.9 Å². The maximum atomic E-state index is 12.4. The predicted octanol–water partition coefficient (Wildman–Crippen LogP) is 1.71. The molecule has 0 amide bonds. The van der Waals surface area contributed by atoms with Gasteiger partial charge in [0, 0.05) is 32.5 Å². The fraction of sp³-hybridized carbons (Fsp3) is 0.733. The Bertz CT molecular complexity index is 962. The first-order valence-corrected chi connectivity index (χ1v) is 16.9. The third-order valence-electron chi connectivity index (χ3n) is 6.32. The number of hydrogen-bond donors (Lipinski definition) is 0. The van der Waals surface area contributed by atoms with Crippen molar-refractivity contribution in [3.05, 3.63) is 12.7 Å². The van der Waals surface area contributed by atoms with Crippen LogP contribution in [0, 0.1) is 0 Å². The lowest BCUT2D eigenvalue weighted by Gasteiger charge is -2.31. The van der Waals surface area contributed by atoms with Crippen molar-refractivity contribution in [2.24, 2.45) is 0 Å². The molecule has 0 aromatic carbocycles. The smallest absolute Gasteiger partial charge is 0.469 e. The van der Waals surface area contributed by atoms with Gasteiger partial charge in [0.2, 0.25) is 0 Å². The zero-order valence-corrected chi connectivity index (χ0v) is 30.5. The van der Waals surface area contributed by atoms with Crippen molar-refractivity contribution in [3.63, 3.8) is 0 Å². The van der Waals surface area contributed by atoms with Crippen LogP contribution in [0.1, 0.15) is 52.9 Å². The van der Waals surface area contributed by atoms with Crippen LogP contribution in [-0.4, -0.2) is 132 Å². The SMILES string of the molecule is C=CCOC(CC(=O)OC)(CC(=O)OC)C(=O)OC.CCO[Si](CCCOC(CC(=O)OC)(CC(=O)OC)C(=O)OC)(OCC)OCC. The number of methoxy groups -OCH3 is 6. The summed E-state index contributed by atoms with van der Waals surface area (Å²) in [5.41, 5.74) is -3.62. The van der Waals surface area contributed by atoms with E-state index >= 15 is 0 Å². The molecule has 278 valence electrons. The van der Waals surface area contributed by atoms with Gasteiger partial charge in [0.15, 0.2) is 11.2 Å². The highest BCUT2D eigenvalue weighted by atomic mass is 28.4. The number of rotatable bonds is 24. The average Bonchev–Trinajstić information content (AvgIpc) is 3.08. The molecule has 0 saturated carbocycles. The third-order valence-corrected chi connectivity index (χ3v) is 9.47. The molecule has 0 aromatic rings. The van der Waals surface area contributed by atoms with E-state index < -0.39 is 81.5 Å². The third kappa shape index (κ3) is 16.6. The minimum absolute atomic E-state index is 0.0328. The van der Waals surface area contributed by atoms with Crippen molar-refractivity contribution < 1.29 is 79.9 Å². The average molecular weight is 713 g/mol. The van der Waals surface area contributed by atoms with Gasteiger partial charge in [-0.3, -0.25) is 19.2 Å². The highest BCUT2D eigenvalue weighted by molar-refractivity contribution is 6.60. The van der Waals surface area contributed by atoms with Crippen molar-refractivity contribution in [1.82, 2.24) is 0 Å². The largest absolute Gasteiger partial charge is 0.501 e.